The van der Waals surface area contributed by atoms with E-state index in [2.05, 4.69) is 10.4 Å². The van der Waals surface area contributed by atoms with Crippen LogP contribution in [0.25, 0.3) is 0 Å². The minimum Gasteiger partial charge on any atom is -0.393 e. The van der Waals surface area contributed by atoms with Crippen LogP contribution in [0.4, 0.5) is 0 Å². The van der Waals surface area contributed by atoms with Gasteiger partial charge in [-0.15, -0.1) is 0 Å². The molecule has 0 aromatic carbocycles. The summed E-state index contributed by atoms with van der Waals surface area (Å²) in [4.78, 5) is 0. The van der Waals surface area contributed by atoms with Crippen LogP contribution in [0.2, 0.25) is 0 Å². The van der Waals surface area contributed by atoms with Crippen molar-refractivity contribution < 1.29 is 5.11 Å². The van der Waals surface area contributed by atoms with E-state index in [1.165, 1.54) is 0 Å². The lowest BCUT2D eigenvalue weighted by Crippen LogP contribution is -2.37. The van der Waals surface area contributed by atoms with E-state index in [0.29, 0.717) is 5.92 Å². The van der Waals surface area contributed by atoms with Gasteiger partial charge in [-0.05, 0) is 31.4 Å². The molecule has 2 N–H and O–H groups in total. The number of hydrogen-bond acceptors (Lipinski definition) is 3. The van der Waals surface area contributed by atoms with E-state index < -0.39 is 0 Å². The largest absolute Gasteiger partial charge is 0.393 e. The zero-order chi connectivity index (χ0) is 9.80. The summed E-state index contributed by atoms with van der Waals surface area (Å²) in [6.07, 6.45) is 5.66. The Labute approximate surface area is 83.9 Å². The quantitative estimate of drug-likeness (QED) is 0.662. The molecule has 1 aliphatic carbocycles. The van der Waals surface area contributed by atoms with Gasteiger partial charge >= 0.3 is 0 Å². The average Bonchev–Trinajstić information content (AvgIpc) is 2.61. The third kappa shape index (κ3) is 2.56. The van der Waals surface area contributed by atoms with Gasteiger partial charge in [0, 0.05) is 18.9 Å². The van der Waals surface area contributed by atoms with Crippen LogP contribution in [-0.4, -0.2) is 34.1 Å². The predicted molar refractivity (Wildman–Crippen MR) is 53.8 cm³/mol. The molecule has 4 heteroatoms. The van der Waals surface area contributed by atoms with Gasteiger partial charge in [-0.3, -0.25) is 4.68 Å². The summed E-state index contributed by atoms with van der Waals surface area (Å²) in [6.45, 7) is 2.90. The first-order chi connectivity index (χ1) is 6.84. The van der Waals surface area contributed by atoms with E-state index in [0.717, 1.165) is 32.5 Å². The Morgan fingerprint density at radius 2 is 2.36 bits per heavy atom. The summed E-state index contributed by atoms with van der Waals surface area (Å²) in [7, 11) is 0. The van der Waals surface area contributed by atoms with Crippen molar-refractivity contribution in [3.63, 3.8) is 0 Å². The maximum atomic E-state index is 9.08. The van der Waals surface area contributed by atoms with Gasteiger partial charge in [0.15, 0.2) is 0 Å². The van der Waals surface area contributed by atoms with Gasteiger partial charge < -0.3 is 10.4 Å². The second-order valence-electron chi connectivity index (χ2n) is 3.96. The smallest absolute Gasteiger partial charge is 0.0546 e. The molecule has 1 aliphatic rings. The van der Waals surface area contributed by atoms with E-state index in [4.69, 9.17) is 5.11 Å². The van der Waals surface area contributed by atoms with Crippen molar-refractivity contribution >= 4 is 0 Å². The zero-order valence-electron chi connectivity index (χ0n) is 8.26. The van der Waals surface area contributed by atoms with Crippen LogP contribution < -0.4 is 5.32 Å². The van der Waals surface area contributed by atoms with Crippen LogP contribution in [0.1, 0.15) is 12.8 Å². The Kier molecular flexibility index (Phi) is 3.16. The van der Waals surface area contributed by atoms with Gasteiger partial charge in [0.25, 0.3) is 0 Å². The van der Waals surface area contributed by atoms with Crippen molar-refractivity contribution in [3.8, 4) is 0 Å². The fourth-order valence-corrected chi connectivity index (χ4v) is 1.80. The lowest BCUT2D eigenvalue weighted by atomic mass is 9.82. The Hall–Kier alpha value is -0.870. The molecule has 1 aromatic heterocycles. The zero-order valence-corrected chi connectivity index (χ0v) is 8.26. The highest BCUT2D eigenvalue weighted by atomic mass is 16.3. The van der Waals surface area contributed by atoms with Crippen LogP contribution in [0, 0.1) is 5.92 Å². The van der Waals surface area contributed by atoms with Crippen molar-refractivity contribution in [2.24, 2.45) is 5.92 Å². The SMILES string of the molecule is OC1CC(CNCCn2cccn2)C1. The van der Waals surface area contributed by atoms with Crippen LogP contribution in [-0.2, 0) is 6.54 Å². The number of aromatic nitrogens is 2. The Morgan fingerprint density at radius 1 is 1.50 bits per heavy atom. The van der Waals surface area contributed by atoms with Gasteiger partial charge in [0.05, 0.1) is 12.6 Å². The first kappa shape index (κ1) is 9.68. The second-order valence-corrected chi connectivity index (χ2v) is 3.96. The third-order valence-electron chi connectivity index (χ3n) is 2.72. The fourth-order valence-electron chi connectivity index (χ4n) is 1.80. The van der Waals surface area contributed by atoms with Crippen LogP contribution in [0.15, 0.2) is 18.5 Å². The highest BCUT2D eigenvalue weighted by Gasteiger charge is 2.26. The average molecular weight is 195 g/mol. The van der Waals surface area contributed by atoms with E-state index in [1.807, 2.05) is 16.9 Å². The molecule has 1 saturated carbocycles. The molecule has 0 unspecified atom stereocenters. The predicted octanol–water partition coefficient (Wildman–Crippen LogP) is 0.244. The Bertz CT molecular complexity index is 254. The number of nitrogens with zero attached hydrogens (tertiary/aromatic N) is 2. The van der Waals surface area contributed by atoms with Crippen LogP contribution >= 0.6 is 0 Å². The maximum absolute atomic E-state index is 9.08. The number of aliphatic hydroxyl groups excluding tert-OH is 1. The highest BCUT2D eigenvalue weighted by Crippen LogP contribution is 2.25. The van der Waals surface area contributed by atoms with Crippen molar-refractivity contribution in [1.82, 2.24) is 15.1 Å². The molecule has 78 valence electrons. The maximum Gasteiger partial charge on any atom is 0.0546 e. The van der Waals surface area contributed by atoms with Gasteiger partial charge in [0.2, 0.25) is 0 Å². The Morgan fingerprint density at radius 3 is 3.00 bits per heavy atom. The molecule has 14 heavy (non-hydrogen) atoms. The number of hydrogen-bond donors (Lipinski definition) is 2. The van der Waals surface area contributed by atoms with Crippen molar-refractivity contribution in [2.45, 2.75) is 25.5 Å². The van der Waals surface area contributed by atoms with Crippen molar-refractivity contribution in [3.05, 3.63) is 18.5 Å². The highest BCUT2D eigenvalue weighted by molar-refractivity contribution is 4.80. The molecule has 0 radical (unpaired) electrons. The van der Waals surface area contributed by atoms with Gasteiger partial charge in [-0.2, -0.15) is 5.10 Å². The van der Waals surface area contributed by atoms with Crippen LogP contribution in [0.5, 0.6) is 0 Å². The first-order valence-corrected chi connectivity index (χ1v) is 5.21. The molecule has 0 spiro atoms. The number of aliphatic hydroxyl groups is 1. The summed E-state index contributed by atoms with van der Waals surface area (Å²) in [5.74, 6) is 0.683. The lowest BCUT2D eigenvalue weighted by Gasteiger charge is -2.31. The molecule has 0 saturated heterocycles. The molecular formula is C10H17N3O. The van der Waals surface area contributed by atoms with E-state index in [9.17, 15) is 0 Å². The Balaban J connectivity index is 1.52. The van der Waals surface area contributed by atoms with Gasteiger partial charge in [-0.25, -0.2) is 0 Å². The van der Waals surface area contributed by atoms with E-state index in [1.54, 1.807) is 6.20 Å². The molecule has 1 heterocycles. The van der Waals surface area contributed by atoms with E-state index in [-0.39, 0.29) is 6.10 Å². The van der Waals surface area contributed by atoms with Gasteiger partial charge in [0.1, 0.15) is 0 Å². The molecule has 0 amide bonds. The normalized spacial score (nSPS) is 26.1. The summed E-state index contributed by atoms with van der Waals surface area (Å²) in [5.41, 5.74) is 0. The number of nitrogens with one attached hydrogen (secondary N) is 1. The van der Waals surface area contributed by atoms with Gasteiger partial charge in [-0.1, -0.05) is 0 Å². The van der Waals surface area contributed by atoms with E-state index >= 15 is 0 Å². The monoisotopic (exact) mass is 195 g/mol. The molecule has 0 atom stereocenters. The van der Waals surface area contributed by atoms with Crippen molar-refractivity contribution in [1.29, 1.82) is 0 Å². The minimum atomic E-state index is -0.0343. The van der Waals surface area contributed by atoms with Crippen molar-refractivity contribution in [2.75, 3.05) is 13.1 Å². The molecule has 2 rings (SSSR count). The molecule has 0 bridgehead atoms. The first-order valence-electron chi connectivity index (χ1n) is 5.21. The fraction of sp³-hybridized carbons (Fsp3) is 0.700. The molecule has 4 nitrogen and oxygen atoms in total. The second kappa shape index (κ2) is 4.57. The summed E-state index contributed by atoms with van der Waals surface area (Å²) < 4.78 is 1.92. The van der Waals surface area contributed by atoms with Crippen LogP contribution in [0.3, 0.4) is 0 Å². The summed E-state index contributed by atoms with van der Waals surface area (Å²) in [6, 6.07) is 1.93. The summed E-state index contributed by atoms with van der Waals surface area (Å²) >= 11 is 0. The molecular weight excluding hydrogens is 178 g/mol. The number of rotatable bonds is 5. The molecule has 1 fully saturated rings. The molecule has 1 aromatic rings. The minimum absolute atomic E-state index is 0.0343. The topological polar surface area (TPSA) is 50.1 Å². The lowest BCUT2D eigenvalue weighted by molar-refractivity contribution is 0.0430. The molecule has 0 aliphatic heterocycles. The standard InChI is InChI=1S/C10H17N3O/c14-10-6-9(7-10)8-11-3-5-13-4-1-2-12-13/h1-2,4,9-11,14H,3,5-8H2. The summed E-state index contributed by atoms with van der Waals surface area (Å²) in [5, 5.41) is 16.6. The third-order valence-corrected chi connectivity index (χ3v) is 2.72.